The predicted molar refractivity (Wildman–Crippen MR) is 39.6 cm³/mol. The SMILES string of the molecule is Cc1cc(NC(=O)C(=O)O)n[nH]1. The second-order valence-corrected chi connectivity index (χ2v) is 2.20. The normalized spacial score (nSPS) is 9.42. The van der Waals surface area contributed by atoms with Crippen LogP contribution >= 0.6 is 0 Å². The maximum atomic E-state index is 10.6. The Labute approximate surface area is 67.6 Å². The van der Waals surface area contributed by atoms with Gasteiger partial charge in [-0.3, -0.25) is 15.2 Å². The molecule has 12 heavy (non-hydrogen) atoms. The number of hydrogen-bond acceptors (Lipinski definition) is 3. The number of aromatic nitrogens is 2. The van der Waals surface area contributed by atoms with Crippen molar-refractivity contribution in [2.24, 2.45) is 0 Å². The number of rotatable bonds is 1. The number of carboxylic acids is 1. The molecule has 3 N–H and O–H groups in total. The van der Waals surface area contributed by atoms with E-state index in [4.69, 9.17) is 5.11 Å². The molecule has 0 fully saturated rings. The molecule has 0 bridgehead atoms. The standard InChI is InChI=1S/C6H7N3O3/c1-3-2-4(9-8-3)7-5(10)6(11)12/h2H,1H3,(H,11,12)(H2,7,8,9,10). The highest BCUT2D eigenvalue weighted by atomic mass is 16.4. The molecular weight excluding hydrogens is 162 g/mol. The summed E-state index contributed by atoms with van der Waals surface area (Å²) >= 11 is 0. The summed E-state index contributed by atoms with van der Waals surface area (Å²) in [5.74, 6) is -2.42. The van der Waals surface area contributed by atoms with E-state index in [-0.39, 0.29) is 5.82 Å². The van der Waals surface area contributed by atoms with Gasteiger partial charge in [-0.2, -0.15) is 5.10 Å². The third-order valence-electron chi connectivity index (χ3n) is 1.14. The molecule has 0 radical (unpaired) electrons. The van der Waals surface area contributed by atoms with Crippen molar-refractivity contribution in [2.75, 3.05) is 5.32 Å². The summed E-state index contributed by atoms with van der Waals surface area (Å²) in [7, 11) is 0. The van der Waals surface area contributed by atoms with Crippen molar-refractivity contribution in [3.8, 4) is 0 Å². The molecule has 1 amide bonds. The van der Waals surface area contributed by atoms with Gasteiger partial charge in [0.25, 0.3) is 0 Å². The highest BCUT2D eigenvalue weighted by molar-refractivity contribution is 6.36. The van der Waals surface area contributed by atoms with E-state index in [0.29, 0.717) is 0 Å². The Morgan fingerprint density at radius 1 is 1.67 bits per heavy atom. The fraction of sp³-hybridized carbons (Fsp3) is 0.167. The molecule has 0 saturated carbocycles. The molecule has 6 heteroatoms. The first-order valence-corrected chi connectivity index (χ1v) is 3.16. The number of aryl methyl sites for hydroxylation is 1. The van der Waals surface area contributed by atoms with Crippen LogP contribution in [-0.4, -0.2) is 27.2 Å². The Balaban J connectivity index is 2.64. The van der Waals surface area contributed by atoms with E-state index >= 15 is 0 Å². The second kappa shape index (κ2) is 3.04. The van der Waals surface area contributed by atoms with E-state index in [0.717, 1.165) is 5.69 Å². The molecule has 1 aromatic rings. The van der Waals surface area contributed by atoms with Crippen LogP contribution in [0, 0.1) is 6.92 Å². The van der Waals surface area contributed by atoms with Gasteiger partial charge in [0.05, 0.1) is 0 Å². The lowest BCUT2D eigenvalue weighted by atomic mass is 10.4. The Morgan fingerprint density at radius 2 is 2.33 bits per heavy atom. The van der Waals surface area contributed by atoms with E-state index in [1.807, 2.05) is 0 Å². The lowest BCUT2D eigenvalue weighted by Gasteiger charge is -1.93. The molecule has 0 aromatic carbocycles. The molecule has 0 aliphatic heterocycles. The van der Waals surface area contributed by atoms with Gasteiger partial charge in [0, 0.05) is 11.8 Å². The van der Waals surface area contributed by atoms with Gasteiger partial charge >= 0.3 is 11.9 Å². The Hall–Kier alpha value is -1.85. The zero-order chi connectivity index (χ0) is 9.14. The predicted octanol–water partition coefficient (Wildman–Crippen LogP) is -0.259. The number of nitrogens with one attached hydrogen (secondary N) is 2. The number of carbonyl (C=O) groups excluding carboxylic acids is 1. The Morgan fingerprint density at radius 3 is 2.75 bits per heavy atom. The van der Waals surface area contributed by atoms with Crippen LogP contribution in [0.25, 0.3) is 0 Å². The maximum absolute atomic E-state index is 10.6. The van der Waals surface area contributed by atoms with Gasteiger partial charge in [-0.25, -0.2) is 4.79 Å². The third kappa shape index (κ3) is 1.82. The van der Waals surface area contributed by atoms with Crippen molar-refractivity contribution in [2.45, 2.75) is 6.92 Å². The van der Waals surface area contributed by atoms with E-state index < -0.39 is 11.9 Å². The molecule has 0 saturated heterocycles. The van der Waals surface area contributed by atoms with Crippen LogP contribution in [0.4, 0.5) is 5.82 Å². The first kappa shape index (κ1) is 8.25. The minimum Gasteiger partial charge on any atom is -0.474 e. The van der Waals surface area contributed by atoms with Crippen LogP contribution < -0.4 is 5.32 Å². The summed E-state index contributed by atoms with van der Waals surface area (Å²) in [5.41, 5.74) is 0.746. The zero-order valence-electron chi connectivity index (χ0n) is 6.29. The fourth-order valence-corrected chi connectivity index (χ4v) is 0.652. The first-order chi connectivity index (χ1) is 5.59. The van der Waals surface area contributed by atoms with Gasteiger partial charge < -0.3 is 5.11 Å². The van der Waals surface area contributed by atoms with E-state index in [9.17, 15) is 9.59 Å². The number of anilines is 1. The molecule has 1 heterocycles. The number of carboxylic acid groups (broad SMARTS) is 1. The molecule has 0 spiro atoms. The molecule has 64 valence electrons. The van der Waals surface area contributed by atoms with Crippen LogP contribution in [0.2, 0.25) is 0 Å². The highest BCUT2D eigenvalue weighted by Crippen LogP contribution is 2.02. The van der Waals surface area contributed by atoms with Crippen molar-refractivity contribution in [1.29, 1.82) is 0 Å². The maximum Gasteiger partial charge on any atom is 0.394 e. The first-order valence-electron chi connectivity index (χ1n) is 3.16. The fourth-order valence-electron chi connectivity index (χ4n) is 0.652. The highest BCUT2D eigenvalue weighted by Gasteiger charge is 2.11. The van der Waals surface area contributed by atoms with Crippen molar-refractivity contribution in [3.63, 3.8) is 0 Å². The van der Waals surface area contributed by atoms with Gasteiger partial charge in [-0.05, 0) is 6.92 Å². The number of aromatic amines is 1. The monoisotopic (exact) mass is 169 g/mol. The summed E-state index contributed by atoms with van der Waals surface area (Å²) < 4.78 is 0. The molecule has 0 atom stereocenters. The quantitative estimate of drug-likeness (QED) is 0.505. The summed E-state index contributed by atoms with van der Waals surface area (Å²) in [4.78, 5) is 20.6. The number of H-pyrrole nitrogens is 1. The Kier molecular flexibility index (Phi) is 2.09. The summed E-state index contributed by atoms with van der Waals surface area (Å²) in [6, 6.07) is 1.53. The number of carbonyl (C=O) groups is 2. The number of amides is 1. The molecule has 0 unspecified atom stereocenters. The van der Waals surface area contributed by atoms with Crippen molar-refractivity contribution >= 4 is 17.7 Å². The zero-order valence-corrected chi connectivity index (χ0v) is 6.29. The van der Waals surface area contributed by atoms with E-state index in [1.54, 1.807) is 6.92 Å². The summed E-state index contributed by atoms with van der Waals surface area (Å²) in [6.07, 6.45) is 0. The molecule has 0 aliphatic rings. The number of nitrogens with zero attached hydrogens (tertiary/aromatic N) is 1. The van der Waals surface area contributed by atoms with Gasteiger partial charge in [-0.15, -0.1) is 0 Å². The lowest BCUT2D eigenvalue weighted by molar-refractivity contribution is -0.147. The summed E-state index contributed by atoms with van der Waals surface area (Å²) in [6.45, 7) is 1.74. The van der Waals surface area contributed by atoms with Crippen molar-refractivity contribution < 1.29 is 14.7 Å². The molecule has 1 aromatic heterocycles. The van der Waals surface area contributed by atoms with Gasteiger partial charge in [0.15, 0.2) is 5.82 Å². The minimum atomic E-state index is -1.53. The number of hydrogen-bond donors (Lipinski definition) is 3. The van der Waals surface area contributed by atoms with Crippen molar-refractivity contribution in [3.05, 3.63) is 11.8 Å². The smallest absolute Gasteiger partial charge is 0.394 e. The van der Waals surface area contributed by atoms with Crippen LogP contribution in [0.5, 0.6) is 0 Å². The topological polar surface area (TPSA) is 95.1 Å². The largest absolute Gasteiger partial charge is 0.474 e. The van der Waals surface area contributed by atoms with Crippen LogP contribution in [0.1, 0.15) is 5.69 Å². The van der Waals surface area contributed by atoms with Gasteiger partial charge in [0.1, 0.15) is 0 Å². The van der Waals surface area contributed by atoms with Crippen molar-refractivity contribution in [1.82, 2.24) is 10.2 Å². The Bertz CT molecular complexity index is 318. The lowest BCUT2D eigenvalue weighted by Crippen LogP contribution is -2.21. The van der Waals surface area contributed by atoms with Crippen LogP contribution in [0.15, 0.2) is 6.07 Å². The van der Waals surface area contributed by atoms with Gasteiger partial charge in [-0.1, -0.05) is 0 Å². The number of aliphatic carboxylic acids is 1. The second-order valence-electron chi connectivity index (χ2n) is 2.20. The van der Waals surface area contributed by atoms with E-state index in [1.165, 1.54) is 6.07 Å². The van der Waals surface area contributed by atoms with Crippen LogP contribution in [-0.2, 0) is 9.59 Å². The molecular formula is C6H7N3O3. The molecule has 1 rings (SSSR count). The van der Waals surface area contributed by atoms with E-state index in [2.05, 4.69) is 15.5 Å². The average molecular weight is 169 g/mol. The third-order valence-corrected chi connectivity index (χ3v) is 1.14. The molecule has 0 aliphatic carbocycles. The summed E-state index contributed by atoms with van der Waals surface area (Å²) in [5, 5.41) is 16.5. The average Bonchev–Trinajstić information content (AvgIpc) is 2.35. The van der Waals surface area contributed by atoms with Gasteiger partial charge in [0.2, 0.25) is 0 Å². The van der Waals surface area contributed by atoms with Crippen LogP contribution in [0.3, 0.4) is 0 Å². The molecule has 6 nitrogen and oxygen atoms in total. The minimum absolute atomic E-state index is 0.208.